The molecular formula is C25H19Cl2FN4O2S2. The number of amides is 1. The number of aromatic nitrogens is 2. The van der Waals surface area contributed by atoms with Gasteiger partial charge in [-0.05, 0) is 67.6 Å². The highest BCUT2D eigenvalue weighted by molar-refractivity contribution is 7.99. The van der Waals surface area contributed by atoms with E-state index in [1.165, 1.54) is 27.6 Å². The van der Waals surface area contributed by atoms with Crippen molar-refractivity contribution in [3.05, 3.63) is 84.7 Å². The molecule has 0 radical (unpaired) electrons. The number of nitrogens with zero attached hydrogens (tertiary/aromatic N) is 3. The number of nitrogens with one attached hydrogen (secondary N) is 1. The largest absolute Gasteiger partial charge is 0.272 e. The zero-order valence-electron chi connectivity index (χ0n) is 18.8. The van der Waals surface area contributed by atoms with Crippen LogP contribution in [0.2, 0.25) is 10.0 Å². The third-order valence-electron chi connectivity index (χ3n) is 5.76. The normalized spacial score (nSPS) is 13.3. The van der Waals surface area contributed by atoms with Gasteiger partial charge in [0.15, 0.2) is 5.16 Å². The van der Waals surface area contributed by atoms with Gasteiger partial charge in [0.05, 0.1) is 28.1 Å². The zero-order valence-corrected chi connectivity index (χ0v) is 21.9. The summed E-state index contributed by atoms with van der Waals surface area (Å²) < 4.78 is 15.4. The Morgan fingerprint density at radius 2 is 1.97 bits per heavy atom. The number of fused-ring (bicyclic) bond motifs is 3. The SMILES string of the molecule is O=C(CSc1nc2sc3c(c2c(=O)n1-c1ccc(Cl)cc1)CCCC3)NN=Cc1c(F)cccc1Cl. The molecule has 6 nitrogen and oxygen atoms in total. The van der Waals surface area contributed by atoms with Crippen molar-refractivity contribution >= 4 is 68.6 Å². The van der Waals surface area contributed by atoms with Crippen molar-refractivity contribution in [2.75, 3.05) is 5.75 Å². The fourth-order valence-corrected chi connectivity index (χ4v) is 6.51. The van der Waals surface area contributed by atoms with Crippen molar-refractivity contribution in [1.29, 1.82) is 0 Å². The summed E-state index contributed by atoms with van der Waals surface area (Å²) in [5.41, 5.74) is 4.00. The summed E-state index contributed by atoms with van der Waals surface area (Å²) in [4.78, 5) is 32.9. The maximum Gasteiger partial charge on any atom is 0.267 e. The predicted molar refractivity (Wildman–Crippen MR) is 145 cm³/mol. The van der Waals surface area contributed by atoms with Gasteiger partial charge >= 0.3 is 0 Å². The zero-order chi connectivity index (χ0) is 25.2. The molecule has 0 aliphatic heterocycles. The maximum absolute atomic E-state index is 13.9. The summed E-state index contributed by atoms with van der Waals surface area (Å²) >= 11 is 14.7. The molecule has 1 N–H and O–H groups in total. The molecule has 0 spiro atoms. The third-order valence-corrected chi connectivity index (χ3v) is 8.46. The lowest BCUT2D eigenvalue weighted by molar-refractivity contribution is -0.118. The van der Waals surface area contributed by atoms with Crippen molar-refractivity contribution in [3.8, 4) is 5.69 Å². The van der Waals surface area contributed by atoms with Crippen molar-refractivity contribution in [2.24, 2.45) is 5.10 Å². The molecule has 36 heavy (non-hydrogen) atoms. The Kier molecular flexibility index (Phi) is 7.43. The van der Waals surface area contributed by atoms with Gasteiger partial charge in [-0.3, -0.25) is 14.2 Å². The summed E-state index contributed by atoms with van der Waals surface area (Å²) in [6, 6.07) is 11.2. The molecule has 0 unspecified atom stereocenters. The molecule has 0 saturated carbocycles. The Bertz CT molecular complexity index is 1530. The molecule has 2 aromatic carbocycles. The summed E-state index contributed by atoms with van der Waals surface area (Å²) in [5.74, 6) is -1.04. The number of thiophene rings is 1. The Morgan fingerprint density at radius 1 is 1.19 bits per heavy atom. The first-order valence-electron chi connectivity index (χ1n) is 11.1. The molecule has 0 bridgehead atoms. The lowest BCUT2D eigenvalue weighted by Crippen LogP contribution is -2.24. The Balaban J connectivity index is 1.43. The van der Waals surface area contributed by atoms with Crippen molar-refractivity contribution < 1.29 is 9.18 Å². The number of hydrazone groups is 1. The van der Waals surface area contributed by atoms with Crippen LogP contribution in [-0.2, 0) is 17.6 Å². The second-order valence-electron chi connectivity index (χ2n) is 8.12. The quantitative estimate of drug-likeness (QED) is 0.135. The van der Waals surface area contributed by atoms with Crippen LogP contribution < -0.4 is 11.0 Å². The van der Waals surface area contributed by atoms with E-state index in [2.05, 4.69) is 10.5 Å². The topological polar surface area (TPSA) is 76.3 Å². The number of benzene rings is 2. The molecular weight excluding hydrogens is 542 g/mol. The summed E-state index contributed by atoms with van der Waals surface area (Å²) in [6.07, 6.45) is 5.13. The van der Waals surface area contributed by atoms with Crippen LogP contribution in [0.25, 0.3) is 15.9 Å². The summed E-state index contributed by atoms with van der Waals surface area (Å²) in [6.45, 7) is 0. The van der Waals surface area contributed by atoms with E-state index in [0.717, 1.165) is 49.2 Å². The lowest BCUT2D eigenvalue weighted by Gasteiger charge is -2.13. The average Bonchev–Trinajstić information content (AvgIpc) is 3.24. The molecule has 1 aliphatic rings. The van der Waals surface area contributed by atoms with Crippen LogP contribution in [0.15, 0.2) is 57.5 Å². The van der Waals surface area contributed by atoms with Crippen LogP contribution in [0, 0.1) is 5.82 Å². The maximum atomic E-state index is 13.9. The number of thioether (sulfide) groups is 1. The van der Waals surface area contributed by atoms with Crippen molar-refractivity contribution in [1.82, 2.24) is 15.0 Å². The van der Waals surface area contributed by atoms with Crippen molar-refractivity contribution in [3.63, 3.8) is 0 Å². The first kappa shape index (κ1) is 25.0. The fraction of sp³-hybridized carbons (Fsp3) is 0.200. The molecule has 1 amide bonds. The van der Waals surface area contributed by atoms with Crippen LogP contribution in [0.1, 0.15) is 28.8 Å². The highest BCUT2D eigenvalue weighted by Gasteiger charge is 2.23. The second kappa shape index (κ2) is 10.7. The Hall–Kier alpha value is -2.72. The van der Waals surface area contributed by atoms with Crippen LogP contribution in [0.5, 0.6) is 0 Å². The lowest BCUT2D eigenvalue weighted by atomic mass is 9.97. The smallest absolute Gasteiger partial charge is 0.267 e. The molecule has 0 saturated heterocycles. The molecule has 4 aromatic rings. The molecule has 11 heteroatoms. The van der Waals surface area contributed by atoms with E-state index in [1.54, 1.807) is 35.6 Å². The molecule has 2 heterocycles. The monoisotopic (exact) mass is 560 g/mol. The van der Waals surface area contributed by atoms with Gasteiger partial charge in [0.1, 0.15) is 10.6 Å². The predicted octanol–water partition coefficient (Wildman–Crippen LogP) is 6.01. The summed E-state index contributed by atoms with van der Waals surface area (Å²) in [7, 11) is 0. The Morgan fingerprint density at radius 3 is 2.75 bits per heavy atom. The number of carbonyl (C=O) groups is 1. The summed E-state index contributed by atoms with van der Waals surface area (Å²) in [5, 5.41) is 5.60. The second-order valence-corrected chi connectivity index (χ2v) is 11.0. The van der Waals surface area contributed by atoms with E-state index in [-0.39, 0.29) is 21.9 Å². The van der Waals surface area contributed by atoms with Crippen LogP contribution in [0.3, 0.4) is 0 Å². The van der Waals surface area contributed by atoms with Crippen LogP contribution in [0.4, 0.5) is 4.39 Å². The van der Waals surface area contributed by atoms with Gasteiger partial charge in [0, 0.05) is 15.5 Å². The van der Waals surface area contributed by atoms with Crippen molar-refractivity contribution in [2.45, 2.75) is 30.8 Å². The number of hydrogen-bond acceptors (Lipinski definition) is 6. The molecule has 2 aromatic heterocycles. The van der Waals surface area contributed by atoms with E-state index in [4.69, 9.17) is 28.2 Å². The fourth-order valence-electron chi connectivity index (χ4n) is 4.07. The van der Waals surface area contributed by atoms with Gasteiger partial charge < -0.3 is 0 Å². The molecule has 1 aliphatic carbocycles. The molecule has 0 fully saturated rings. The standard InChI is InChI=1S/C25H19Cl2FN4O2S2/c26-14-8-10-15(11-9-14)32-24(34)22-16-4-1-2-7-20(16)36-23(22)30-25(32)35-13-21(33)31-29-12-17-18(27)5-3-6-19(17)28/h3,5-6,8-12H,1-2,4,7,13H2,(H,31,33). The van der Waals surface area contributed by atoms with Gasteiger partial charge in [-0.25, -0.2) is 14.8 Å². The average molecular weight is 561 g/mol. The van der Waals surface area contributed by atoms with Gasteiger partial charge in [-0.2, -0.15) is 5.10 Å². The highest BCUT2D eigenvalue weighted by Crippen LogP contribution is 2.35. The third kappa shape index (κ3) is 5.06. The number of hydrogen-bond donors (Lipinski definition) is 1. The first-order valence-corrected chi connectivity index (χ1v) is 13.7. The van der Waals surface area contributed by atoms with E-state index < -0.39 is 11.7 Å². The molecule has 0 atom stereocenters. The number of halogens is 3. The van der Waals surface area contributed by atoms with E-state index in [0.29, 0.717) is 26.1 Å². The van der Waals surface area contributed by atoms with Crippen LogP contribution >= 0.6 is 46.3 Å². The highest BCUT2D eigenvalue weighted by atomic mass is 35.5. The van der Waals surface area contributed by atoms with Gasteiger partial charge in [0.2, 0.25) is 0 Å². The number of rotatable bonds is 6. The van der Waals surface area contributed by atoms with Gasteiger partial charge in [0.25, 0.3) is 11.5 Å². The van der Waals surface area contributed by atoms with Gasteiger partial charge in [-0.15, -0.1) is 11.3 Å². The van der Waals surface area contributed by atoms with E-state index >= 15 is 0 Å². The number of carbonyl (C=O) groups excluding carboxylic acids is 1. The Labute approximate surface area is 224 Å². The molecule has 184 valence electrons. The number of aryl methyl sites for hydroxylation is 2. The first-order chi connectivity index (χ1) is 17.4. The van der Waals surface area contributed by atoms with Crippen LogP contribution in [-0.4, -0.2) is 27.4 Å². The van der Waals surface area contributed by atoms with E-state index in [1.807, 2.05) is 0 Å². The minimum Gasteiger partial charge on any atom is -0.272 e. The minimum atomic E-state index is -0.544. The van der Waals surface area contributed by atoms with E-state index in [9.17, 15) is 14.0 Å². The van der Waals surface area contributed by atoms with Gasteiger partial charge in [-0.1, -0.05) is 41.0 Å². The molecule has 5 rings (SSSR count). The minimum absolute atomic E-state index is 0.0566.